The summed E-state index contributed by atoms with van der Waals surface area (Å²) < 4.78 is 12.6. The molecule has 4 rings (SSSR count). The first kappa shape index (κ1) is 19.5. The highest BCUT2D eigenvalue weighted by Crippen LogP contribution is 2.28. The fourth-order valence-electron chi connectivity index (χ4n) is 2.86. The molecular formula is C22H17N3O4S. The van der Waals surface area contributed by atoms with Crippen LogP contribution < -0.4 is 19.6 Å². The van der Waals surface area contributed by atoms with Crippen molar-refractivity contribution in [2.45, 2.75) is 6.92 Å². The van der Waals surface area contributed by atoms with E-state index in [-0.39, 0.29) is 5.56 Å². The molecule has 0 saturated carbocycles. The van der Waals surface area contributed by atoms with E-state index in [9.17, 15) is 9.59 Å². The molecule has 2 heterocycles. The molecule has 4 aromatic rings. The van der Waals surface area contributed by atoms with E-state index >= 15 is 0 Å². The van der Waals surface area contributed by atoms with Gasteiger partial charge in [-0.3, -0.25) is 9.59 Å². The van der Waals surface area contributed by atoms with Gasteiger partial charge in [-0.2, -0.15) is 9.50 Å². The van der Waals surface area contributed by atoms with E-state index in [0.29, 0.717) is 39.0 Å². The van der Waals surface area contributed by atoms with Gasteiger partial charge in [0.25, 0.3) is 5.56 Å². The Kier molecular flexibility index (Phi) is 5.40. The number of para-hydroxylation sites is 2. The monoisotopic (exact) mass is 419 g/mol. The predicted octanol–water partition coefficient (Wildman–Crippen LogP) is 2.86. The summed E-state index contributed by atoms with van der Waals surface area (Å²) in [6.45, 7) is 5.34. The molecule has 0 bridgehead atoms. The lowest BCUT2D eigenvalue weighted by molar-refractivity contribution is -0.131. The van der Waals surface area contributed by atoms with Crippen LogP contribution in [0.3, 0.4) is 0 Å². The van der Waals surface area contributed by atoms with Crippen molar-refractivity contribution in [2.24, 2.45) is 0 Å². The predicted molar refractivity (Wildman–Crippen MR) is 115 cm³/mol. The molecule has 0 spiro atoms. The Balaban J connectivity index is 1.77. The third kappa shape index (κ3) is 3.85. The first-order valence-electron chi connectivity index (χ1n) is 9.08. The number of benzene rings is 2. The van der Waals surface area contributed by atoms with Crippen molar-refractivity contribution in [3.05, 3.63) is 81.6 Å². The van der Waals surface area contributed by atoms with E-state index in [1.807, 2.05) is 24.3 Å². The van der Waals surface area contributed by atoms with E-state index in [4.69, 9.17) is 9.47 Å². The Morgan fingerprint density at radius 3 is 2.63 bits per heavy atom. The van der Waals surface area contributed by atoms with Crippen LogP contribution in [-0.2, 0) is 4.79 Å². The van der Waals surface area contributed by atoms with Gasteiger partial charge in [0.15, 0.2) is 5.82 Å². The number of ether oxygens (including phenoxy) is 2. The largest absolute Gasteiger partial charge is 0.489 e. The molecular weight excluding hydrogens is 402 g/mol. The number of esters is 1. The maximum atomic E-state index is 12.9. The molecule has 150 valence electrons. The Bertz CT molecular complexity index is 1360. The summed E-state index contributed by atoms with van der Waals surface area (Å²) >= 11 is 1.22. The van der Waals surface area contributed by atoms with Gasteiger partial charge in [-0.15, -0.1) is 5.10 Å². The van der Waals surface area contributed by atoms with Gasteiger partial charge in [0, 0.05) is 12.5 Å². The lowest BCUT2D eigenvalue weighted by Crippen LogP contribution is -2.23. The zero-order chi connectivity index (χ0) is 21.1. The number of rotatable bonds is 6. The third-order valence-electron chi connectivity index (χ3n) is 4.13. The minimum absolute atomic E-state index is 0.280. The van der Waals surface area contributed by atoms with Crippen molar-refractivity contribution in [3.8, 4) is 22.9 Å². The van der Waals surface area contributed by atoms with Crippen LogP contribution in [0.5, 0.6) is 11.5 Å². The number of carbonyl (C=O) groups excluding carboxylic acids is 1. The summed E-state index contributed by atoms with van der Waals surface area (Å²) in [6, 6.07) is 14.4. The fraction of sp³-hybridized carbons (Fsp3) is 0.0909. The van der Waals surface area contributed by atoms with Crippen LogP contribution in [0.1, 0.15) is 12.5 Å². The van der Waals surface area contributed by atoms with Gasteiger partial charge in [0.05, 0.1) is 10.1 Å². The molecule has 30 heavy (non-hydrogen) atoms. The van der Waals surface area contributed by atoms with E-state index in [1.165, 1.54) is 22.8 Å². The second-order valence-corrected chi connectivity index (χ2v) is 7.28. The SMILES string of the molecule is C=CCOc1ccccc1/C=c1\sc2nc(-c3ccccc3OC(C)=O)nn2c1=O. The molecule has 2 aromatic carbocycles. The van der Waals surface area contributed by atoms with Crippen LogP contribution in [0.4, 0.5) is 0 Å². The lowest BCUT2D eigenvalue weighted by atomic mass is 10.2. The molecule has 0 aliphatic carbocycles. The summed E-state index contributed by atoms with van der Waals surface area (Å²) in [7, 11) is 0. The van der Waals surface area contributed by atoms with Crippen LogP contribution >= 0.6 is 11.3 Å². The second kappa shape index (κ2) is 8.30. The Labute approximate surface area is 175 Å². The van der Waals surface area contributed by atoms with Gasteiger partial charge in [-0.05, 0) is 24.3 Å². The number of hydrogen-bond acceptors (Lipinski definition) is 7. The van der Waals surface area contributed by atoms with E-state index in [1.54, 1.807) is 36.4 Å². The minimum atomic E-state index is -0.442. The Morgan fingerprint density at radius 1 is 1.17 bits per heavy atom. The zero-order valence-corrected chi connectivity index (χ0v) is 16.9. The average molecular weight is 419 g/mol. The van der Waals surface area contributed by atoms with Gasteiger partial charge in [-0.25, -0.2) is 0 Å². The van der Waals surface area contributed by atoms with Gasteiger partial charge >= 0.3 is 5.97 Å². The number of aromatic nitrogens is 3. The molecule has 0 fully saturated rings. The van der Waals surface area contributed by atoms with Crippen molar-refractivity contribution in [1.82, 2.24) is 14.6 Å². The fourth-order valence-corrected chi connectivity index (χ4v) is 3.76. The smallest absolute Gasteiger partial charge is 0.308 e. The standard InChI is InChI=1S/C22H17N3O4S/c1-3-12-28-17-10-6-4-8-15(17)13-19-21(27)25-22(30-19)23-20(24-25)16-9-5-7-11-18(16)29-14(2)26/h3-11,13H,1,12H2,2H3/b19-13-. The van der Waals surface area contributed by atoms with Crippen molar-refractivity contribution < 1.29 is 14.3 Å². The highest BCUT2D eigenvalue weighted by atomic mass is 32.1. The maximum Gasteiger partial charge on any atom is 0.308 e. The minimum Gasteiger partial charge on any atom is -0.489 e. The molecule has 0 N–H and O–H groups in total. The van der Waals surface area contributed by atoms with Crippen LogP contribution in [-0.4, -0.2) is 27.2 Å². The van der Waals surface area contributed by atoms with Crippen molar-refractivity contribution in [2.75, 3.05) is 6.61 Å². The summed E-state index contributed by atoms with van der Waals surface area (Å²) in [6.07, 6.45) is 3.42. The summed E-state index contributed by atoms with van der Waals surface area (Å²) in [4.78, 5) is 29.1. The van der Waals surface area contributed by atoms with Crippen LogP contribution in [0, 0.1) is 0 Å². The van der Waals surface area contributed by atoms with Gasteiger partial charge < -0.3 is 9.47 Å². The third-order valence-corrected chi connectivity index (χ3v) is 5.08. The molecule has 0 amide bonds. The number of hydrogen-bond donors (Lipinski definition) is 0. The van der Waals surface area contributed by atoms with Crippen molar-refractivity contribution >= 4 is 28.3 Å². The molecule has 0 saturated heterocycles. The Morgan fingerprint density at radius 2 is 1.90 bits per heavy atom. The van der Waals surface area contributed by atoms with E-state index in [0.717, 1.165) is 5.56 Å². The van der Waals surface area contributed by atoms with Gasteiger partial charge in [0.1, 0.15) is 18.1 Å². The lowest BCUT2D eigenvalue weighted by Gasteiger charge is -2.05. The average Bonchev–Trinajstić information content (AvgIpc) is 3.27. The number of carbonyl (C=O) groups is 1. The topological polar surface area (TPSA) is 82.8 Å². The normalized spacial score (nSPS) is 11.6. The quantitative estimate of drug-likeness (QED) is 0.272. The van der Waals surface area contributed by atoms with Crippen molar-refractivity contribution in [1.29, 1.82) is 0 Å². The molecule has 0 atom stereocenters. The number of fused-ring (bicyclic) bond motifs is 1. The summed E-state index contributed by atoms with van der Waals surface area (Å²) in [5.74, 6) is 0.876. The summed E-state index contributed by atoms with van der Waals surface area (Å²) in [5.41, 5.74) is 1.04. The molecule has 0 aliphatic rings. The molecule has 2 aromatic heterocycles. The molecule has 0 radical (unpaired) electrons. The van der Waals surface area contributed by atoms with E-state index < -0.39 is 5.97 Å². The molecule has 0 unspecified atom stereocenters. The molecule has 0 aliphatic heterocycles. The zero-order valence-electron chi connectivity index (χ0n) is 16.1. The van der Waals surface area contributed by atoms with Gasteiger partial charge in [0.2, 0.25) is 4.96 Å². The molecule has 8 heteroatoms. The maximum absolute atomic E-state index is 12.9. The summed E-state index contributed by atoms with van der Waals surface area (Å²) in [5, 5.41) is 4.33. The van der Waals surface area contributed by atoms with E-state index in [2.05, 4.69) is 16.7 Å². The van der Waals surface area contributed by atoms with Gasteiger partial charge in [-0.1, -0.05) is 54.3 Å². The van der Waals surface area contributed by atoms with Crippen LogP contribution in [0.25, 0.3) is 22.4 Å². The second-order valence-electron chi connectivity index (χ2n) is 6.27. The van der Waals surface area contributed by atoms with Crippen molar-refractivity contribution in [3.63, 3.8) is 0 Å². The Hall–Kier alpha value is -3.78. The first-order chi connectivity index (χ1) is 14.6. The van der Waals surface area contributed by atoms with Crippen LogP contribution in [0.2, 0.25) is 0 Å². The highest BCUT2D eigenvalue weighted by molar-refractivity contribution is 7.15. The molecule has 7 nitrogen and oxygen atoms in total. The number of thiazole rings is 1. The first-order valence-corrected chi connectivity index (χ1v) is 9.90. The number of nitrogens with zero attached hydrogens (tertiary/aromatic N) is 3. The highest BCUT2D eigenvalue weighted by Gasteiger charge is 2.16. The van der Waals surface area contributed by atoms with Crippen LogP contribution in [0.15, 0.2) is 66.0 Å².